The van der Waals surface area contributed by atoms with Crippen LogP contribution < -0.4 is 5.32 Å². The summed E-state index contributed by atoms with van der Waals surface area (Å²) >= 11 is 1.93. The Kier molecular flexibility index (Phi) is 3.47. The lowest BCUT2D eigenvalue weighted by molar-refractivity contribution is 0.235. The maximum atomic E-state index is 3.47. The van der Waals surface area contributed by atoms with Crippen molar-refractivity contribution in [1.29, 1.82) is 0 Å². The summed E-state index contributed by atoms with van der Waals surface area (Å²) in [6.45, 7) is 2.34. The maximum absolute atomic E-state index is 3.47. The highest BCUT2D eigenvalue weighted by molar-refractivity contribution is 7.10. The molecule has 1 aliphatic carbocycles. The summed E-state index contributed by atoms with van der Waals surface area (Å²) in [5, 5.41) is 5.69. The molecule has 1 aromatic heterocycles. The van der Waals surface area contributed by atoms with Gasteiger partial charge in [-0.1, -0.05) is 25.3 Å². The van der Waals surface area contributed by atoms with Crippen LogP contribution in [0.15, 0.2) is 17.5 Å². The van der Waals surface area contributed by atoms with Crippen molar-refractivity contribution in [2.24, 2.45) is 0 Å². The molecule has 0 aliphatic heterocycles. The topological polar surface area (TPSA) is 12.0 Å². The van der Waals surface area contributed by atoms with Gasteiger partial charge < -0.3 is 5.32 Å². The molecule has 0 aromatic carbocycles. The molecule has 0 radical (unpaired) electrons. The Morgan fingerprint density at radius 2 is 2.07 bits per heavy atom. The number of nitrogens with one attached hydrogen (secondary N) is 1. The van der Waals surface area contributed by atoms with Gasteiger partial charge in [-0.05, 0) is 38.3 Å². The van der Waals surface area contributed by atoms with Gasteiger partial charge in [-0.25, -0.2) is 0 Å². The lowest BCUT2D eigenvalue weighted by atomic mass is 9.68. The molecular formula is C13H21NS. The first-order chi connectivity index (χ1) is 7.29. The van der Waals surface area contributed by atoms with E-state index < -0.39 is 0 Å². The zero-order valence-electron chi connectivity index (χ0n) is 9.75. The molecule has 0 bridgehead atoms. The second-order valence-corrected chi connectivity index (χ2v) is 5.65. The van der Waals surface area contributed by atoms with E-state index in [9.17, 15) is 0 Å². The van der Waals surface area contributed by atoms with Crippen molar-refractivity contribution in [2.45, 2.75) is 50.5 Å². The predicted molar refractivity (Wildman–Crippen MR) is 67.6 cm³/mol. The largest absolute Gasteiger partial charge is 0.316 e. The Labute approximate surface area is 96.9 Å². The minimum Gasteiger partial charge on any atom is -0.316 e. The number of thiophene rings is 1. The summed E-state index contributed by atoms with van der Waals surface area (Å²) in [6, 6.07) is 5.11. The summed E-state index contributed by atoms with van der Waals surface area (Å²) in [5.41, 5.74) is 0.418. The molecule has 1 aliphatic rings. The van der Waals surface area contributed by atoms with E-state index in [2.05, 4.69) is 36.8 Å². The molecule has 1 saturated carbocycles. The Hall–Kier alpha value is -0.340. The van der Waals surface area contributed by atoms with Crippen LogP contribution in [-0.2, 0) is 5.41 Å². The highest BCUT2D eigenvalue weighted by atomic mass is 32.1. The molecule has 1 fully saturated rings. The molecule has 2 heteroatoms. The van der Waals surface area contributed by atoms with E-state index in [1.165, 1.54) is 32.1 Å². The highest BCUT2D eigenvalue weighted by Crippen LogP contribution is 2.43. The standard InChI is InChI=1S/C13H21NS/c1-11(14-2)13(8-4-3-5-9-13)12-7-6-10-15-12/h6-7,10-11,14H,3-5,8-9H2,1-2H3. The third-order valence-corrected chi connectivity index (χ3v) is 5.11. The van der Waals surface area contributed by atoms with E-state index in [-0.39, 0.29) is 0 Å². The van der Waals surface area contributed by atoms with Crippen molar-refractivity contribution in [2.75, 3.05) is 7.05 Å². The SMILES string of the molecule is CNC(C)C1(c2cccs2)CCCCC1. The van der Waals surface area contributed by atoms with Crippen molar-refractivity contribution in [1.82, 2.24) is 5.32 Å². The van der Waals surface area contributed by atoms with Crippen LogP contribution in [0.3, 0.4) is 0 Å². The first-order valence-electron chi connectivity index (χ1n) is 6.01. The van der Waals surface area contributed by atoms with Crippen LogP contribution in [0.5, 0.6) is 0 Å². The molecule has 1 atom stereocenters. The number of hydrogen-bond acceptors (Lipinski definition) is 2. The Bertz CT molecular complexity index is 285. The molecule has 0 amide bonds. The van der Waals surface area contributed by atoms with Crippen LogP contribution in [0.1, 0.15) is 43.9 Å². The van der Waals surface area contributed by atoms with Crippen LogP contribution >= 0.6 is 11.3 Å². The Morgan fingerprint density at radius 1 is 1.33 bits per heavy atom. The van der Waals surface area contributed by atoms with Gasteiger partial charge in [-0.15, -0.1) is 11.3 Å². The number of hydrogen-bond donors (Lipinski definition) is 1. The molecule has 2 rings (SSSR count). The quantitative estimate of drug-likeness (QED) is 0.826. The predicted octanol–water partition coefficient (Wildman–Crippen LogP) is 3.56. The normalized spacial score (nSPS) is 22.5. The van der Waals surface area contributed by atoms with Crippen molar-refractivity contribution >= 4 is 11.3 Å². The lowest BCUT2D eigenvalue weighted by Crippen LogP contribution is -2.46. The molecule has 1 N–H and O–H groups in total. The fraction of sp³-hybridized carbons (Fsp3) is 0.692. The second kappa shape index (κ2) is 4.67. The molecule has 0 spiro atoms. The summed E-state index contributed by atoms with van der Waals surface area (Å²) in [7, 11) is 2.09. The maximum Gasteiger partial charge on any atom is 0.0197 e. The van der Waals surface area contributed by atoms with Crippen LogP contribution in [0.2, 0.25) is 0 Å². The third-order valence-electron chi connectivity index (χ3n) is 4.02. The van der Waals surface area contributed by atoms with E-state index in [1.54, 1.807) is 4.88 Å². The zero-order chi connectivity index (χ0) is 10.7. The summed E-state index contributed by atoms with van der Waals surface area (Å²) in [5.74, 6) is 0. The van der Waals surface area contributed by atoms with E-state index in [0.29, 0.717) is 11.5 Å². The van der Waals surface area contributed by atoms with Gasteiger partial charge in [0, 0.05) is 16.3 Å². The lowest BCUT2D eigenvalue weighted by Gasteiger charge is -2.41. The van der Waals surface area contributed by atoms with Gasteiger partial charge in [0.15, 0.2) is 0 Å². The van der Waals surface area contributed by atoms with E-state index in [0.717, 1.165) is 0 Å². The minimum atomic E-state index is 0.418. The molecule has 84 valence electrons. The van der Waals surface area contributed by atoms with Gasteiger partial charge in [0.25, 0.3) is 0 Å². The Balaban J connectivity index is 2.29. The van der Waals surface area contributed by atoms with Gasteiger partial charge in [-0.2, -0.15) is 0 Å². The summed E-state index contributed by atoms with van der Waals surface area (Å²) in [6.07, 6.45) is 6.92. The van der Waals surface area contributed by atoms with E-state index in [1.807, 2.05) is 11.3 Å². The molecule has 15 heavy (non-hydrogen) atoms. The van der Waals surface area contributed by atoms with Gasteiger partial charge >= 0.3 is 0 Å². The second-order valence-electron chi connectivity index (χ2n) is 4.70. The highest BCUT2D eigenvalue weighted by Gasteiger charge is 2.38. The molecule has 1 heterocycles. The smallest absolute Gasteiger partial charge is 0.0197 e. The molecule has 0 saturated heterocycles. The van der Waals surface area contributed by atoms with Crippen LogP contribution in [0, 0.1) is 0 Å². The first-order valence-corrected chi connectivity index (χ1v) is 6.89. The van der Waals surface area contributed by atoms with Gasteiger partial charge in [0.05, 0.1) is 0 Å². The Morgan fingerprint density at radius 3 is 2.60 bits per heavy atom. The van der Waals surface area contributed by atoms with Crippen LogP contribution in [0.4, 0.5) is 0 Å². The van der Waals surface area contributed by atoms with E-state index >= 15 is 0 Å². The summed E-state index contributed by atoms with van der Waals surface area (Å²) < 4.78 is 0. The average molecular weight is 223 g/mol. The van der Waals surface area contributed by atoms with Gasteiger partial charge in [0.1, 0.15) is 0 Å². The third kappa shape index (κ3) is 1.98. The van der Waals surface area contributed by atoms with E-state index in [4.69, 9.17) is 0 Å². The summed E-state index contributed by atoms with van der Waals surface area (Å²) in [4.78, 5) is 1.59. The molecular weight excluding hydrogens is 202 g/mol. The van der Waals surface area contributed by atoms with Crippen molar-refractivity contribution in [3.05, 3.63) is 22.4 Å². The van der Waals surface area contributed by atoms with Crippen molar-refractivity contribution in [3.8, 4) is 0 Å². The zero-order valence-corrected chi connectivity index (χ0v) is 10.6. The van der Waals surface area contributed by atoms with Gasteiger partial charge in [0.2, 0.25) is 0 Å². The first kappa shape index (κ1) is 11.2. The van der Waals surface area contributed by atoms with Crippen molar-refractivity contribution < 1.29 is 0 Å². The average Bonchev–Trinajstić information content (AvgIpc) is 2.83. The molecule has 1 nitrogen and oxygen atoms in total. The fourth-order valence-electron chi connectivity index (χ4n) is 2.91. The van der Waals surface area contributed by atoms with Crippen LogP contribution in [-0.4, -0.2) is 13.1 Å². The molecule has 1 aromatic rings. The monoisotopic (exact) mass is 223 g/mol. The minimum absolute atomic E-state index is 0.418. The fourth-order valence-corrected chi connectivity index (χ4v) is 3.99. The molecule has 1 unspecified atom stereocenters. The van der Waals surface area contributed by atoms with Gasteiger partial charge in [-0.3, -0.25) is 0 Å². The van der Waals surface area contributed by atoms with Crippen LogP contribution in [0.25, 0.3) is 0 Å². The van der Waals surface area contributed by atoms with Crippen molar-refractivity contribution in [3.63, 3.8) is 0 Å². The number of rotatable bonds is 3. The number of likely N-dealkylation sites (N-methyl/N-ethyl adjacent to an activating group) is 1.